The summed E-state index contributed by atoms with van der Waals surface area (Å²) in [5, 5.41) is 19.7. The van der Waals surface area contributed by atoms with Crippen molar-refractivity contribution in [1.82, 2.24) is 10.3 Å². The van der Waals surface area contributed by atoms with Gasteiger partial charge in [0.25, 0.3) is 0 Å². The molecule has 21 heavy (non-hydrogen) atoms. The Labute approximate surface area is 132 Å². The summed E-state index contributed by atoms with van der Waals surface area (Å²) < 4.78 is 0. The van der Waals surface area contributed by atoms with Crippen molar-refractivity contribution in [2.24, 2.45) is 0 Å². The van der Waals surface area contributed by atoms with E-state index in [9.17, 15) is 9.90 Å². The molecule has 1 unspecified atom stereocenters. The number of rotatable bonds is 7. The Hall–Kier alpha value is -1.24. The summed E-state index contributed by atoms with van der Waals surface area (Å²) in [4.78, 5) is 16.4. The molecule has 2 aromatic heterocycles. The lowest BCUT2D eigenvalue weighted by Gasteiger charge is -2.22. The number of thiophene rings is 1. The molecule has 0 aliphatic rings. The maximum atomic E-state index is 11.9. The van der Waals surface area contributed by atoms with E-state index in [0.717, 1.165) is 22.7 Å². The second-order valence-electron chi connectivity index (χ2n) is 5.36. The van der Waals surface area contributed by atoms with E-state index in [1.165, 1.54) is 0 Å². The Morgan fingerprint density at radius 2 is 2.29 bits per heavy atom. The van der Waals surface area contributed by atoms with Gasteiger partial charge in [-0.2, -0.15) is 11.3 Å². The zero-order valence-corrected chi connectivity index (χ0v) is 13.9. The van der Waals surface area contributed by atoms with Gasteiger partial charge in [-0.25, -0.2) is 4.98 Å². The molecular weight excluding hydrogens is 304 g/mol. The highest BCUT2D eigenvalue weighted by Crippen LogP contribution is 2.25. The molecule has 0 aromatic carbocycles. The number of carbonyl (C=O) groups is 1. The molecule has 1 atom stereocenters. The van der Waals surface area contributed by atoms with Crippen LogP contribution in [-0.4, -0.2) is 28.1 Å². The average Bonchev–Trinajstić information content (AvgIpc) is 3.06. The van der Waals surface area contributed by atoms with Gasteiger partial charge >= 0.3 is 0 Å². The van der Waals surface area contributed by atoms with Crippen molar-refractivity contribution >= 4 is 28.6 Å². The molecule has 2 heterocycles. The third-order valence-corrected chi connectivity index (χ3v) is 4.74. The van der Waals surface area contributed by atoms with E-state index in [0.29, 0.717) is 6.42 Å². The molecule has 0 saturated carbocycles. The molecule has 0 fully saturated rings. The zero-order chi connectivity index (χ0) is 15.3. The minimum absolute atomic E-state index is 0.103. The third kappa shape index (κ3) is 4.91. The van der Waals surface area contributed by atoms with Gasteiger partial charge in [0.15, 0.2) is 0 Å². The summed E-state index contributed by atoms with van der Waals surface area (Å²) >= 11 is 3.18. The largest absolute Gasteiger partial charge is 0.388 e. The van der Waals surface area contributed by atoms with Crippen LogP contribution in [-0.2, 0) is 11.2 Å². The van der Waals surface area contributed by atoms with E-state index in [4.69, 9.17) is 0 Å². The maximum Gasteiger partial charge on any atom is 0.226 e. The number of nitrogens with zero attached hydrogens (tertiary/aromatic N) is 1. The lowest BCUT2D eigenvalue weighted by Crippen LogP contribution is -2.41. The van der Waals surface area contributed by atoms with Gasteiger partial charge in [-0.1, -0.05) is 13.3 Å². The van der Waals surface area contributed by atoms with Gasteiger partial charge in [0, 0.05) is 22.9 Å². The lowest BCUT2D eigenvalue weighted by molar-refractivity contribution is -0.121. The third-order valence-electron chi connectivity index (χ3n) is 3.12. The van der Waals surface area contributed by atoms with Crippen LogP contribution in [0.25, 0.3) is 10.6 Å². The van der Waals surface area contributed by atoms with Crippen LogP contribution in [0.4, 0.5) is 0 Å². The number of amides is 1. The first kappa shape index (κ1) is 16.1. The Morgan fingerprint density at radius 3 is 2.95 bits per heavy atom. The van der Waals surface area contributed by atoms with Crippen LogP contribution in [0.15, 0.2) is 22.2 Å². The Kier molecular flexibility index (Phi) is 5.50. The van der Waals surface area contributed by atoms with E-state index in [1.54, 1.807) is 29.6 Å². The predicted octanol–water partition coefficient (Wildman–Crippen LogP) is 3.08. The first-order chi connectivity index (χ1) is 10.00. The summed E-state index contributed by atoms with van der Waals surface area (Å²) in [6.45, 7) is 4.03. The number of hydrogen-bond donors (Lipinski definition) is 2. The first-order valence-electron chi connectivity index (χ1n) is 6.96. The predicted molar refractivity (Wildman–Crippen MR) is 87.7 cm³/mol. The van der Waals surface area contributed by atoms with Crippen molar-refractivity contribution in [3.05, 3.63) is 27.9 Å². The Morgan fingerprint density at radius 1 is 1.48 bits per heavy atom. The molecular formula is C15H20N2O2S2. The Bertz CT molecular complexity index is 576. The number of nitrogens with one attached hydrogen (secondary N) is 1. The summed E-state index contributed by atoms with van der Waals surface area (Å²) in [5.74, 6) is -0.103. The summed E-state index contributed by atoms with van der Waals surface area (Å²) in [5.41, 5.74) is 1.03. The summed E-state index contributed by atoms with van der Waals surface area (Å²) in [6, 6.07) is 2.02. The second kappa shape index (κ2) is 7.15. The minimum atomic E-state index is -0.839. The minimum Gasteiger partial charge on any atom is -0.388 e. The molecule has 0 aliphatic heterocycles. The van der Waals surface area contributed by atoms with Crippen molar-refractivity contribution in [1.29, 1.82) is 0 Å². The standard InChI is InChI=1S/C15H20N2O2S2/c1-3-5-15(2,19)10-16-13(18)7-12-9-21-14(17-12)11-4-6-20-8-11/h4,6,8-9,19H,3,5,7,10H2,1-2H3,(H,16,18). The van der Waals surface area contributed by atoms with E-state index >= 15 is 0 Å². The number of carbonyl (C=O) groups excluding carboxylic acids is 1. The summed E-state index contributed by atoms with van der Waals surface area (Å²) in [6.07, 6.45) is 1.81. The SMILES string of the molecule is CCCC(C)(O)CNC(=O)Cc1csc(-c2ccsc2)n1. The highest BCUT2D eigenvalue weighted by Gasteiger charge is 2.20. The van der Waals surface area contributed by atoms with Crippen LogP contribution in [0.5, 0.6) is 0 Å². The highest BCUT2D eigenvalue weighted by molar-refractivity contribution is 7.14. The van der Waals surface area contributed by atoms with Gasteiger partial charge in [-0.15, -0.1) is 11.3 Å². The van der Waals surface area contributed by atoms with Crippen molar-refractivity contribution in [2.45, 2.75) is 38.7 Å². The second-order valence-corrected chi connectivity index (χ2v) is 6.99. The fraction of sp³-hybridized carbons (Fsp3) is 0.467. The summed E-state index contributed by atoms with van der Waals surface area (Å²) in [7, 11) is 0. The Balaban J connectivity index is 1.86. The average molecular weight is 324 g/mol. The van der Waals surface area contributed by atoms with E-state index in [2.05, 4.69) is 10.3 Å². The smallest absolute Gasteiger partial charge is 0.226 e. The van der Waals surface area contributed by atoms with Gasteiger partial charge in [-0.3, -0.25) is 4.79 Å². The fourth-order valence-electron chi connectivity index (χ4n) is 2.05. The van der Waals surface area contributed by atoms with Crippen LogP contribution in [0.1, 0.15) is 32.4 Å². The van der Waals surface area contributed by atoms with Crippen LogP contribution < -0.4 is 5.32 Å². The quantitative estimate of drug-likeness (QED) is 0.823. The van der Waals surface area contributed by atoms with E-state index < -0.39 is 5.60 Å². The van der Waals surface area contributed by atoms with E-state index in [1.807, 2.05) is 29.1 Å². The van der Waals surface area contributed by atoms with Crippen molar-refractivity contribution in [3.8, 4) is 10.6 Å². The molecule has 4 nitrogen and oxygen atoms in total. The van der Waals surface area contributed by atoms with Crippen LogP contribution in [0, 0.1) is 0 Å². The highest BCUT2D eigenvalue weighted by atomic mass is 32.1. The van der Waals surface area contributed by atoms with Crippen molar-refractivity contribution in [3.63, 3.8) is 0 Å². The van der Waals surface area contributed by atoms with Crippen molar-refractivity contribution in [2.75, 3.05) is 6.54 Å². The number of thiazole rings is 1. The molecule has 1 amide bonds. The lowest BCUT2D eigenvalue weighted by atomic mass is 10.0. The molecule has 0 aliphatic carbocycles. The van der Waals surface area contributed by atoms with Crippen LogP contribution >= 0.6 is 22.7 Å². The van der Waals surface area contributed by atoms with Crippen LogP contribution in [0.2, 0.25) is 0 Å². The maximum absolute atomic E-state index is 11.9. The van der Waals surface area contributed by atoms with Gasteiger partial charge in [-0.05, 0) is 24.8 Å². The number of hydrogen-bond acceptors (Lipinski definition) is 5. The van der Waals surface area contributed by atoms with Gasteiger partial charge in [0.2, 0.25) is 5.91 Å². The van der Waals surface area contributed by atoms with Crippen LogP contribution in [0.3, 0.4) is 0 Å². The molecule has 0 bridgehead atoms. The normalized spacial score (nSPS) is 13.9. The monoisotopic (exact) mass is 324 g/mol. The topological polar surface area (TPSA) is 62.2 Å². The molecule has 2 aromatic rings. The number of aromatic nitrogens is 1. The first-order valence-corrected chi connectivity index (χ1v) is 8.78. The van der Waals surface area contributed by atoms with E-state index in [-0.39, 0.29) is 18.9 Å². The van der Waals surface area contributed by atoms with Gasteiger partial charge in [0.1, 0.15) is 5.01 Å². The molecule has 2 N–H and O–H groups in total. The molecule has 6 heteroatoms. The number of aliphatic hydroxyl groups is 1. The molecule has 0 radical (unpaired) electrons. The molecule has 2 rings (SSSR count). The molecule has 0 saturated heterocycles. The zero-order valence-electron chi connectivity index (χ0n) is 12.3. The van der Waals surface area contributed by atoms with Gasteiger partial charge in [0.05, 0.1) is 17.7 Å². The van der Waals surface area contributed by atoms with Crippen molar-refractivity contribution < 1.29 is 9.90 Å². The fourth-order valence-corrected chi connectivity index (χ4v) is 3.58. The molecule has 0 spiro atoms. The van der Waals surface area contributed by atoms with Gasteiger partial charge < -0.3 is 10.4 Å². The molecule has 114 valence electrons.